The molecule has 2 aliphatic rings. The number of anilines is 1. The molecule has 1 saturated carbocycles. The first-order chi connectivity index (χ1) is 16.5. The number of benzene rings is 1. The lowest BCUT2D eigenvalue weighted by Gasteiger charge is -2.18. The maximum atomic E-state index is 14.2. The van der Waals surface area contributed by atoms with Crippen LogP contribution >= 0.6 is 0 Å². The molecule has 0 aliphatic heterocycles. The molecule has 2 aromatic heterocycles. The van der Waals surface area contributed by atoms with Crippen molar-refractivity contribution in [1.29, 1.82) is 0 Å². The SMILES string of the molecule is CS(=O)c1ccc(NC2Cc3cc4cnc(C5CC5)cc4c(S(=O)(=O)NCC(C)(C)F)c3C2)cn1. The van der Waals surface area contributed by atoms with Crippen molar-refractivity contribution in [2.24, 2.45) is 0 Å². The molecule has 186 valence electrons. The highest BCUT2D eigenvalue weighted by molar-refractivity contribution is 7.89. The van der Waals surface area contributed by atoms with Gasteiger partial charge in [-0.2, -0.15) is 0 Å². The number of alkyl halides is 1. The van der Waals surface area contributed by atoms with Crippen LogP contribution in [0.25, 0.3) is 10.8 Å². The predicted molar refractivity (Wildman–Crippen MR) is 135 cm³/mol. The van der Waals surface area contributed by atoms with Crippen LogP contribution in [-0.4, -0.2) is 47.1 Å². The Labute approximate surface area is 207 Å². The topological polar surface area (TPSA) is 101 Å². The van der Waals surface area contributed by atoms with Gasteiger partial charge in [0.1, 0.15) is 10.7 Å². The molecular formula is C25H29FN4O3S2. The summed E-state index contributed by atoms with van der Waals surface area (Å²) in [5.74, 6) is 0.378. The maximum Gasteiger partial charge on any atom is 0.241 e. The van der Waals surface area contributed by atoms with Crippen LogP contribution in [0.15, 0.2) is 46.6 Å². The van der Waals surface area contributed by atoms with Gasteiger partial charge in [-0.15, -0.1) is 0 Å². The molecule has 2 unspecified atom stereocenters. The summed E-state index contributed by atoms with van der Waals surface area (Å²) in [6.07, 6.45) is 8.24. The van der Waals surface area contributed by atoms with E-state index in [2.05, 4.69) is 20.0 Å². The number of hydrogen-bond donors (Lipinski definition) is 2. The number of nitrogens with one attached hydrogen (secondary N) is 2. The second-order valence-corrected chi connectivity index (χ2v) is 13.1. The molecule has 0 bridgehead atoms. The number of pyridine rings is 2. The van der Waals surface area contributed by atoms with Gasteiger partial charge in [-0.05, 0) is 74.9 Å². The van der Waals surface area contributed by atoms with Gasteiger partial charge in [-0.3, -0.25) is 9.19 Å². The smallest absolute Gasteiger partial charge is 0.241 e. The van der Waals surface area contributed by atoms with E-state index in [-0.39, 0.29) is 17.5 Å². The molecule has 0 radical (unpaired) electrons. The molecule has 5 rings (SSSR count). The van der Waals surface area contributed by atoms with E-state index < -0.39 is 26.5 Å². The minimum atomic E-state index is -3.97. The van der Waals surface area contributed by atoms with Crippen molar-refractivity contribution in [3.05, 3.63) is 53.5 Å². The van der Waals surface area contributed by atoms with E-state index in [1.54, 1.807) is 24.7 Å². The van der Waals surface area contributed by atoms with Crippen LogP contribution in [0.4, 0.5) is 10.1 Å². The van der Waals surface area contributed by atoms with Crippen LogP contribution in [0.5, 0.6) is 0 Å². The van der Waals surface area contributed by atoms with Gasteiger partial charge >= 0.3 is 0 Å². The number of sulfonamides is 1. The van der Waals surface area contributed by atoms with Crippen molar-refractivity contribution in [3.63, 3.8) is 0 Å². The second-order valence-electron chi connectivity index (χ2n) is 10.1. The van der Waals surface area contributed by atoms with Crippen molar-refractivity contribution < 1.29 is 17.0 Å². The summed E-state index contributed by atoms with van der Waals surface area (Å²) < 4.78 is 55.4. The number of hydrogen-bond acceptors (Lipinski definition) is 6. The summed E-state index contributed by atoms with van der Waals surface area (Å²) in [5.41, 5.74) is 1.71. The Kier molecular flexibility index (Phi) is 6.17. The highest BCUT2D eigenvalue weighted by Gasteiger charge is 2.33. The van der Waals surface area contributed by atoms with Gasteiger partial charge in [0.25, 0.3) is 0 Å². The van der Waals surface area contributed by atoms with Crippen molar-refractivity contribution in [1.82, 2.24) is 14.7 Å². The highest BCUT2D eigenvalue weighted by Crippen LogP contribution is 2.42. The van der Waals surface area contributed by atoms with E-state index in [9.17, 15) is 17.0 Å². The fourth-order valence-electron chi connectivity index (χ4n) is 4.59. The van der Waals surface area contributed by atoms with E-state index in [1.165, 1.54) is 13.8 Å². The van der Waals surface area contributed by atoms with Gasteiger partial charge in [-0.25, -0.2) is 22.5 Å². The Balaban J connectivity index is 1.52. The van der Waals surface area contributed by atoms with Crippen LogP contribution in [0.1, 0.15) is 49.4 Å². The molecule has 10 heteroatoms. The molecule has 3 aromatic rings. The maximum absolute atomic E-state index is 14.2. The quantitative estimate of drug-likeness (QED) is 0.472. The zero-order valence-electron chi connectivity index (χ0n) is 20.0. The molecule has 2 atom stereocenters. The summed E-state index contributed by atoms with van der Waals surface area (Å²) in [4.78, 5) is 9.06. The van der Waals surface area contributed by atoms with E-state index in [1.807, 2.05) is 18.2 Å². The van der Waals surface area contributed by atoms with E-state index in [4.69, 9.17) is 0 Å². The molecule has 1 aromatic carbocycles. The largest absolute Gasteiger partial charge is 0.380 e. The predicted octanol–water partition coefficient (Wildman–Crippen LogP) is 3.85. The van der Waals surface area contributed by atoms with Crippen LogP contribution in [0.2, 0.25) is 0 Å². The van der Waals surface area contributed by atoms with Gasteiger partial charge in [0.2, 0.25) is 10.0 Å². The summed E-state index contributed by atoms with van der Waals surface area (Å²) in [7, 11) is -5.13. The third kappa shape index (κ3) is 5.24. The molecule has 0 amide bonds. The van der Waals surface area contributed by atoms with Crippen molar-refractivity contribution in [3.8, 4) is 0 Å². The third-order valence-corrected chi connectivity index (χ3v) is 8.82. The Morgan fingerprint density at radius 1 is 1.14 bits per heavy atom. The molecule has 2 N–H and O–H groups in total. The van der Waals surface area contributed by atoms with Crippen LogP contribution in [0.3, 0.4) is 0 Å². The number of rotatable bonds is 8. The Bertz CT molecular complexity index is 1420. The average Bonchev–Trinajstić information content (AvgIpc) is 3.56. The molecule has 2 aliphatic carbocycles. The Morgan fingerprint density at radius 3 is 2.54 bits per heavy atom. The molecule has 35 heavy (non-hydrogen) atoms. The molecule has 1 fully saturated rings. The fraction of sp³-hybridized carbons (Fsp3) is 0.440. The van der Waals surface area contributed by atoms with Crippen molar-refractivity contribution >= 4 is 37.3 Å². The number of fused-ring (bicyclic) bond motifs is 2. The van der Waals surface area contributed by atoms with E-state index in [0.29, 0.717) is 29.2 Å². The summed E-state index contributed by atoms with van der Waals surface area (Å²) in [6.45, 7) is 2.40. The normalized spacial score (nSPS) is 19.0. The van der Waals surface area contributed by atoms with Crippen LogP contribution in [0, 0.1) is 0 Å². The second kappa shape index (κ2) is 8.90. The number of nitrogens with zero attached hydrogens (tertiary/aromatic N) is 2. The first-order valence-electron chi connectivity index (χ1n) is 11.7. The molecule has 0 spiro atoms. The Morgan fingerprint density at radius 2 is 1.91 bits per heavy atom. The first-order valence-corrected chi connectivity index (χ1v) is 14.7. The monoisotopic (exact) mass is 516 g/mol. The van der Waals surface area contributed by atoms with E-state index in [0.717, 1.165) is 40.7 Å². The highest BCUT2D eigenvalue weighted by atomic mass is 32.2. The van der Waals surface area contributed by atoms with Gasteiger partial charge in [-0.1, -0.05) is 0 Å². The first kappa shape index (κ1) is 24.3. The van der Waals surface area contributed by atoms with Gasteiger partial charge in [0, 0.05) is 47.4 Å². The molecule has 2 heterocycles. The van der Waals surface area contributed by atoms with Crippen molar-refractivity contribution in [2.75, 3.05) is 18.1 Å². The van der Waals surface area contributed by atoms with E-state index >= 15 is 0 Å². The lowest BCUT2D eigenvalue weighted by molar-refractivity contribution is 0.221. The van der Waals surface area contributed by atoms with Crippen molar-refractivity contribution in [2.45, 2.75) is 67.1 Å². The molecule has 7 nitrogen and oxygen atoms in total. The number of halogens is 1. The minimum absolute atomic E-state index is 0.0379. The summed E-state index contributed by atoms with van der Waals surface area (Å²) in [6, 6.07) is 7.44. The van der Waals surface area contributed by atoms with Gasteiger partial charge in [0.15, 0.2) is 0 Å². The standard InChI is InChI=1S/C25H29FN4O3S2/c1-25(2,26)14-29-35(32,33)24-20-10-19(30-18-6-7-23(28-13-18)34(3)31)9-16(20)8-17-12-27-22(11-21(17)24)15-4-5-15/h6-8,11-13,15,19,29-30H,4-5,9-10,14H2,1-3H3. The zero-order valence-corrected chi connectivity index (χ0v) is 21.6. The molecular weight excluding hydrogens is 487 g/mol. The number of aromatic nitrogens is 2. The Hall–Kier alpha value is -2.43. The lowest BCUT2D eigenvalue weighted by Crippen LogP contribution is -2.36. The molecule has 0 saturated heterocycles. The van der Waals surface area contributed by atoms with Crippen LogP contribution < -0.4 is 10.0 Å². The minimum Gasteiger partial charge on any atom is -0.380 e. The van der Waals surface area contributed by atoms with Gasteiger partial charge in [0.05, 0.1) is 27.6 Å². The average molecular weight is 517 g/mol. The van der Waals surface area contributed by atoms with Gasteiger partial charge < -0.3 is 5.32 Å². The third-order valence-electron chi connectivity index (χ3n) is 6.46. The lowest BCUT2D eigenvalue weighted by atomic mass is 10.0. The fourth-order valence-corrected chi connectivity index (χ4v) is 6.73. The zero-order chi connectivity index (χ0) is 25.0. The summed E-state index contributed by atoms with van der Waals surface area (Å²) >= 11 is 0. The summed E-state index contributed by atoms with van der Waals surface area (Å²) in [5, 5.41) is 5.35. The van der Waals surface area contributed by atoms with Crippen LogP contribution in [-0.2, 0) is 33.7 Å².